The minimum absolute atomic E-state index is 0.0193. The van der Waals surface area contributed by atoms with E-state index in [9.17, 15) is 18.0 Å². The number of aromatic nitrogens is 2. The number of carbonyl (C=O) groups is 1. The van der Waals surface area contributed by atoms with Gasteiger partial charge in [-0.2, -0.15) is 13.2 Å². The van der Waals surface area contributed by atoms with Crippen molar-refractivity contribution in [2.75, 3.05) is 18.0 Å². The van der Waals surface area contributed by atoms with Gasteiger partial charge in [-0.15, -0.1) is 0 Å². The number of piperidine rings is 1. The molecular formula is C24H22F3N3O. The number of halogens is 3. The third-order valence-electron chi connectivity index (χ3n) is 6.50. The van der Waals surface area contributed by atoms with Gasteiger partial charge in [0.15, 0.2) is 0 Å². The third kappa shape index (κ3) is 3.62. The van der Waals surface area contributed by atoms with Crippen molar-refractivity contribution in [2.24, 2.45) is 5.92 Å². The molecule has 4 nitrogen and oxygen atoms in total. The van der Waals surface area contributed by atoms with Crippen LogP contribution in [0.5, 0.6) is 0 Å². The van der Waals surface area contributed by atoms with E-state index in [1.165, 1.54) is 12.1 Å². The highest BCUT2D eigenvalue weighted by molar-refractivity contribution is 5.83. The molecule has 0 radical (unpaired) electrons. The lowest BCUT2D eigenvalue weighted by molar-refractivity contribution is -0.137. The van der Waals surface area contributed by atoms with Gasteiger partial charge in [0.25, 0.3) is 0 Å². The van der Waals surface area contributed by atoms with Crippen LogP contribution in [0, 0.1) is 5.92 Å². The Balaban J connectivity index is 1.23. The summed E-state index contributed by atoms with van der Waals surface area (Å²) in [5, 5.41) is 0. The smallest absolute Gasteiger partial charge is 0.371 e. The number of alkyl halides is 3. The molecule has 2 aliphatic rings. The SMILES string of the molecule is O=C(CC1c2ccccc2-c2cncn21)C1CCN(c2ccc(C(F)(F)F)cc2)CC1. The van der Waals surface area contributed by atoms with E-state index in [0.717, 1.165) is 34.6 Å². The minimum atomic E-state index is -4.33. The molecule has 160 valence electrons. The molecule has 0 spiro atoms. The molecule has 1 saturated heterocycles. The monoisotopic (exact) mass is 425 g/mol. The van der Waals surface area contributed by atoms with Crippen LogP contribution in [0.2, 0.25) is 0 Å². The number of rotatable bonds is 4. The summed E-state index contributed by atoms with van der Waals surface area (Å²) in [5.41, 5.74) is 3.47. The molecule has 1 unspecified atom stereocenters. The molecule has 7 heteroatoms. The Morgan fingerprint density at radius 3 is 2.45 bits per heavy atom. The van der Waals surface area contributed by atoms with Gasteiger partial charge in [0, 0.05) is 36.7 Å². The predicted octanol–water partition coefficient (Wildman–Crippen LogP) is 5.35. The molecule has 0 saturated carbocycles. The zero-order chi connectivity index (χ0) is 21.6. The lowest BCUT2D eigenvalue weighted by atomic mass is 9.87. The molecule has 0 aliphatic carbocycles. The molecule has 0 amide bonds. The van der Waals surface area contributed by atoms with Crippen molar-refractivity contribution in [3.63, 3.8) is 0 Å². The molecular weight excluding hydrogens is 403 g/mol. The van der Waals surface area contributed by atoms with Crippen LogP contribution in [-0.2, 0) is 11.0 Å². The van der Waals surface area contributed by atoms with E-state index in [-0.39, 0.29) is 17.7 Å². The number of carbonyl (C=O) groups excluding carboxylic acids is 1. The van der Waals surface area contributed by atoms with Gasteiger partial charge in [0.05, 0.1) is 29.8 Å². The number of benzene rings is 2. The zero-order valence-corrected chi connectivity index (χ0v) is 16.8. The van der Waals surface area contributed by atoms with E-state index in [1.54, 1.807) is 6.33 Å². The van der Waals surface area contributed by atoms with Crippen molar-refractivity contribution in [3.8, 4) is 11.3 Å². The van der Waals surface area contributed by atoms with Crippen LogP contribution in [0.1, 0.15) is 36.4 Å². The molecule has 1 fully saturated rings. The lowest BCUT2D eigenvalue weighted by Crippen LogP contribution is -2.36. The summed E-state index contributed by atoms with van der Waals surface area (Å²) in [6.45, 7) is 1.33. The number of fused-ring (bicyclic) bond motifs is 3. The maximum absolute atomic E-state index is 13.1. The second-order valence-corrected chi connectivity index (χ2v) is 8.27. The largest absolute Gasteiger partial charge is 0.416 e. The highest BCUT2D eigenvalue weighted by Gasteiger charge is 2.33. The maximum Gasteiger partial charge on any atom is 0.416 e. The lowest BCUT2D eigenvalue weighted by Gasteiger charge is -2.33. The summed E-state index contributed by atoms with van der Waals surface area (Å²) in [6, 6.07) is 13.4. The first-order valence-electron chi connectivity index (χ1n) is 10.5. The quantitative estimate of drug-likeness (QED) is 0.566. The van der Waals surface area contributed by atoms with Gasteiger partial charge in [0.2, 0.25) is 0 Å². The highest BCUT2D eigenvalue weighted by atomic mass is 19.4. The van der Waals surface area contributed by atoms with Gasteiger partial charge in [-0.3, -0.25) is 4.79 Å². The maximum atomic E-state index is 13.1. The van der Waals surface area contributed by atoms with Gasteiger partial charge in [-0.25, -0.2) is 4.98 Å². The average molecular weight is 425 g/mol. The van der Waals surface area contributed by atoms with Gasteiger partial charge >= 0.3 is 6.18 Å². The first-order valence-corrected chi connectivity index (χ1v) is 10.5. The number of nitrogens with zero attached hydrogens (tertiary/aromatic N) is 3. The Bertz CT molecular complexity index is 1100. The Hall–Kier alpha value is -3.09. The number of imidazole rings is 1. The van der Waals surface area contributed by atoms with Gasteiger partial charge < -0.3 is 9.47 Å². The molecule has 3 aromatic rings. The first kappa shape index (κ1) is 19.8. The van der Waals surface area contributed by atoms with Crippen molar-refractivity contribution in [1.29, 1.82) is 0 Å². The molecule has 1 atom stereocenters. The fourth-order valence-electron chi connectivity index (χ4n) is 4.82. The van der Waals surface area contributed by atoms with Crippen molar-refractivity contribution in [3.05, 3.63) is 72.2 Å². The fraction of sp³-hybridized carbons (Fsp3) is 0.333. The Labute approximate surface area is 178 Å². The van der Waals surface area contributed by atoms with Crippen molar-refractivity contribution < 1.29 is 18.0 Å². The van der Waals surface area contributed by atoms with E-state index in [2.05, 4.69) is 26.6 Å². The first-order chi connectivity index (χ1) is 14.9. The standard InChI is InChI=1S/C24H22F3N3O/c25-24(26,27)17-5-7-18(8-6-17)29-11-9-16(10-12-29)23(31)13-21-19-3-1-2-4-20(19)22-14-28-15-30(21)22/h1-8,14-16,21H,9-13H2. The van der Waals surface area contributed by atoms with Crippen LogP contribution >= 0.6 is 0 Å². The Morgan fingerprint density at radius 1 is 1.03 bits per heavy atom. The molecule has 2 aliphatic heterocycles. The van der Waals surface area contributed by atoms with E-state index < -0.39 is 11.7 Å². The number of anilines is 1. The van der Waals surface area contributed by atoms with Gasteiger partial charge in [-0.05, 0) is 42.7 Å². The number of ketones is 1. The second kappa shape index (κ2) is 7.55. The van der Waals surface area contributed by atoms with Crippen LogP contribution in [-0.4, -0.2) is 28.4 Å². The Morgan fingerprint density at radius 2 is 1.74 bits per heavy atom. The molecule has 3 heterocycles. The molecule has 31 heavy (non-hydrogen) atoms. The molecule has 5 rings (SSSR count). The van der Waals surface area contributed by atoms with Crippen LogP contribution in [0.3, 0.4) is 0 Å². The van der Waals surface area contributed by atoms with E-state index >= 15 is 0 Å². The van der Waals surface area contributed by atoms with Gasteiger partial charge in [0.1, 0.15) is 5.78 Å². The summed E-state index contributed by atoms with van der Waals surface area (Å²) < 4.78 is 40.4. The van der Waals surface area contributed by atoms with Crippen LogP contribution in [0.4, 0.5) is 18.9 Å². The number of hydrogen-bond acceptors (Lipinski definition) is 3. The summed E-state index contributed by atoms with van der Waals surface area (Å²) in [7, 11) is 0. The molecule has 0 bridgehead atoms. The number of hydrogen-bond donors (Lipinski definition) is 0. The highest BCUT2D eigenvalue weighted by Crippen LogP contribution is 2.41. The Kier molecular flexibility index (Phi) is 4.84. The summed E-state index contributed by atoms with van der Waals surface area (Å²) in [6.07, 6.45) is 1.17. The average Bonchev–Trinajstić information content (AvgIpc) is 3.36. The molecule has 2 aromatic carbocycles. The summed E-state index contributed by atoms with van der Waals surface area (Å²) >= 11 is 0. The second-order valence-electron chi connectivity index (χ2n) is 8.27. The normalized spacial score (nSPS) is 18.7. The summed E-state index contributed by atoms with van der Waals surface area (Å²) in [5.74, 6) is 0.221. The molecule has 1 aromatic heterocycles. The number of Topliss-reactive ketones (excluding diaryl/α,β-unsaturated/α-hetero) is 1. The zero-order valence-electron chi connectivity index (χ0n) is 16.8. The van der Waals surface area contributed by atoms with Crippen molar-refractivity contribution >= 4 is 11.5 Å². The van der Waals surface area contributed by atoms with E-state index in [1.807, 2.05) is 18.3 Å². The minimum Gasteiger partial charge on any atom is -0.371 e. The van der Waals surface area contributed by atoms with Crippen LogP contribution in [0.25, 0.3) is 11.3 Å². The van der Waals surface area contributed by atoms with E-state index in [0.29, 0.717) is 32.4 Å². The third-order valence-corrected chi connectivity index (χ3v) is 6.50. The predicted molar refractivity (Wildman–Crippen MR) is 112 cm³/mol. The van der Waals surface area contributed by atoms with Crippen molar-refractivity contribution in [1.82, 2.24) is 9.55 Å². The van der Waals surface area contributed by atoms with Crippen LogP contribution < -0.4 is 4.90 Å². The topological polar surface area (TPSA) is 38.1 Å². The summed E-state index contributed by atoms with van der Waals surface area (Å²) in [4.78, 5) is 19.4. The fourth-order valence-corrected chi connectivity index (χ4v) is 4.82. The van der Waals surface area contributed by atoms with Crippen molar-refractivity contribution in [2.45, 2.75) is 31.5 Å². The van der Waals surface area contributed by atoms with Gasteiger partial charge in [-0.1, -0.05) is 24.3 Å². The van der Waals surface area contributed by atoms with E-state index in [4.69, 9.17) is 0 Å². The van der Waals surface area contributed by atoms with Crippen LogP contribution in [0.15, 0.2) is 61.1 Å². The molecule has 0 N–H and O–H groups in total.